The molecule has 2 N–H and O–H groups in total. The molecular formula is C10H9F2N3S. The molecule has 1 aromatic carbocycles. The van der Waals surface area contributed by atoms with Crippen LogP contribution in [0.2, 0.25) is 0 Å². The minimum atomic E-state index is -0.692. The van der Waals surface area contributed by atoms with Gasteiger partial charge in [-0.15, -0.1) is 11.8 Å². The maximum atomic E-state index is 13.5. The smallest absolute Gasteiger partial charge is 0.151 e. The summed E-state index contributed by atoms with van der Waals surface area (Å²) in [6.45, 7) is 0. The van der Waals surface area contributed by atoms with Crippen molar-refractivity contribution in [3.63, 3.8) is 0 Å². The Balaban J connectivity index is 2.53. The Kier molecular flexibility index (Phi) is 2.82. The zero-order valence-corrected chi connectivity index (χ0v) is 9.26. The van der Waals surface area contributed by atoms with E-state index in [4.69, 9.17) is 5.73 Å². The van der Waals surface area contributed by atoms with Gasteiger partial charge in [0.25, 0.3) is 0 Å². The van der Waals surface area contributed by atoms with Crippen molar-refractivity contribution >= 4 is 17.6 Å². The molecule has 0 spiro atoms. The molecule has 0 aliphatic rings. The van der Waals surface area contributed by atoms with Crippen molar-refractivity contribution in [2.45, 2.75) is 5.03 Å². The molecule has 0 fully saturated rings. The van der Waals surface area contributed by atoms with Crippen LogP contribution in [0.1, 0.15) is 0 Å². The molecule has 0 radical (unpaired) electrons. The first-order valence-corrected chi connectivity index (χ1v) is 5.69. The summed E-state index contributed by atoms with van der Waals surface area (Å²) < 4.78 is 27.4. The van der Waals surface area contributed by atoms with E-state index < -0.39 is 11.6 Å². The van der Waals surface area contributed by atoms with E-state index in [-0.39, 0.29) is 5.69 Å². The quantitative estimate of drug-likeness (QED) is 0.821. The summed E-state index contributed by atoms with van der Waals surface area (Å²) in [6.07, 6.45) is 1.84. The molecule has 1 heterocycles. The van der Waals surface area contributed by atoms with Crippen molar-refractivity contribution in [1.82, 2.24) is 9.78 Å². The molecule has 0 atom stereocenters. The van der Waals surface area contributed by atoms with Gasteiger partial charge in [-0.1, -0.05) is 0 Å². The molecule has 16 heavy (non-hydrogen) atoms. The average molecular weight is 241 g/mol. The summed E-state index contributed by atoms with van der Waals surface area (Å²) >= 11 is 1.40. The first kappa shape index (κ1) is 10.9. The predicted molar refractivity (Wildman–Crippen MR) is 59.7 cm³/mol. The van der Waals surface area contributed by atoms with Gasteiger partial charge < -0.3 is 5.73 Å². The fraction of sp³-hybridized carbons (Fsp3) is 0.100. The molecule has 84 valence electrons. The third kappa shape index (κ3) is 1.88. The van der Waals surface area contributed by atoms with Gasteiger partial charge in [0.15, 0.2) is 5.82 Å². The third-order valence-electron chi connectivity index (χ3n) is 2.06. The van der Waals surface area contributed by atoms with Crippen molar-refractivity contribution in [2.24, 2.45) is 0 Å². The molecule has 2 rings (SSSR count). The maximum Gasteiger partial charge on any atom is 0.151 e. The van der Waals surface area contributed by atoms with Gasteiger partial charge in [-0.2, -0.15) is 5.10 Å². The first-order chi connectivity index (χ1) is 7.61. The van der Waals surface area contributed by atoms with Crippen LogP contribution in [0.3, 0.4) is 0 Å². The van der Waals surface area contributed by atoms with Crippen LogP contribution in [0.5, 0.6) is 0 Å². The fourth-order valence-corrected chi connectivity index (χ4v) is 1.72. The van der Waals surface area contributed by atoms with Gasteiger partial charge in [0.2, 0.25) is 0 Å². The lowest BCUT2D eigenvalue weighted by Crippen LogP contribution is -2.04. The minimum Gasteiger partial charge on any atom is -0.384 e. The Morgan fingerprint density at radius 2 is 2.06 bits per heavy atom. The molecule has 0 aliphatic heterocycles. The molecule has 0 amide bonds. The Labute approximate surface area is 95.3 Å². The van der Waals surface area contributed by atoms with E-state index in [2.05, 4.69) is 5.10 Å². The molecule has 3 nitrogen and oxygen atoms in total. The van der Waals surface area contributed by atoms with Crippen molar-refractivity contribution in [1.29, 1.82) is 0 Å². The van der Waals surface area contributed by atoms with Gasteiger partial charge in [-0.3, -0.25) is 0 Å². The van der Waals surface area contributed by atoms with Crippen LogP contribution in [-0.2, 0) is 0 Å². The predicted octanol–water partition coefficient (Wildman–Crippen LogP) is 2.45. The monoisotopic (exact) mass is 241 g/mol. The lowest BCUT2D eigenvalue weighted by molar-refractivity contribution is 0.573. The summed E-state index contributed by atoms with van der Waals surface area (Å²) in [6, 6.07) is 4.90. The second kappa shape index (κ2) is 4.13. The van der Waals surface area contributed by atoms with E-state index in [1.165, 1.54) is 22.5 Å². The van der Waals surface area contributed by atoms with Gasteiger partial charge in [-0.05, 0) is 18.4 Å². The Morgan fingerprint density at radius 3 is 2.62 bits per heavy atom. The van der Waals surface area contributed by atoms with Crippen LogP contribution in [0.25, 0.3) is 5.69 Å². The van der Waals surface area contributed by atoms with Gasteiger partial charge in [0.05, 0.1) is 0 Å². The number of rotatable bonds is 2. The second-order valence-electron chi connectivity index (χ2n) is 3.12. The highest BCUT2D eigenvalue weighted by Gasteiger charge is 2.11. The first-order valence-electron chi connectivity index (χ1n) is 4.47. The number of anilines is 1. The Bertz CT molecular complexity index is 525. The lowest BCUT2D eigenvalue weighted by atomic mass is 10.3. The average Bonchev–Trinajstić information content (AvgIpc) is 2.60. The van der Waals surface area contributed by atoms with Crippen molar-refractivity contribution < 1.29 is 8.78 Å². The van der Waals surface area contributed by atoms with E-state index in [1.54, 1.807) is 6.07 Å². The summed E-state index contributed by atoms with van der Waals surface area (Å²) in [5.41, 5.74) is 5.82. The highest BCUT2D eigenvalue weighted by molar-refractivity contribution is 7.98. The van der Waals surface area contributed by atoms with Crippen LogP contribution in [0.15, 0.2) is 29.3 Å². The van der Waals surface area contributed by atoms with E-state index in [1.807, 2.05) is 6.26 Å². The van der Waals surface area contributed by atoms with Crippen LogP contribution in [0.4, 0.5) is 14.6 Å². The molecule has 1 aromatic heterocycles. The Morgan fingerprint density at radius 1 is 1.31 bits per heavy atom. The van der Waals surface area contributed by atoms with Crippen LogP contribution < -0.4 is 5.73 Å². The number of thioether (sulfide) groups is 1. The molecule has 0 aliphatic carbocycles. The van der Waals surface area contributed by atoms with Crippen molar-refractivity contribution in [3.8, 4) is 5.69 Å². The van der Waals surface area contributed by atoms with Crippen molar-refractivity contribution in [2.75, 3.05) is 12.0 Å². The van der Waals surface area contributed by atoms with Gasteiger partial charge in [0.1, 0.15) is 22.3 Å². The second-order valence-corrected chi connectivity index (χ2v) is 3.95. The zero-order chi connectivity index (χ0) is 11.7. The number of halogens is 2. The number of aromatic nitrogens is 2. The highest BCUT2D eigenvalue weighted by atomic mass is 32.2. The summed E-state index contributed by atoms with van der Waals surface area (Å²) in [7, 11) is 0. The van der Waals surface area contributed by atoms with E-state index in [0.29, 0.717) is 10.8 Å². The molecular weight excluding hydrogens is 232 g/mol. The zero-order valence-electron chi connectivity index (χ0n) is 8.45. The van der Waals surface area contributed by atoms with E-state index in [0.717, 1.165) is 12.1 Å². The van der Waals surface area contributed by atoms with Gasteiger partial charge in [-0.25, -0.2) is 13.5 Å². The maximum absolute atomic E-state index is 13.5. The molecule has 6 heteroatoms. The number of benzene rings is 1. The number of hydrogen-bond acceptors (Lipinski definition) is 3. The van der Waals surface area contributed by atoms with E-state index >= 15 is 0 Å². The highest BCUT2D eigenvalue weighted by Crippen LogP contribution is 2.22. The summed E-state index contributed by atoms with van der Waals surface area (Å²) in [5.74, 6) is -1.01. The topological polar surface area (TPSA) is 43.8 Å². The van der Waals surface area contributed by atoms with Crippen molar-refractivity contribution in [3.05, 3.63) is 35.9 Å². The normalized spacial score (nSPS) is 10.7. The molecule has 0 saturated heterocycles. The van der Waals surface area contributed by atoms with Crippen LogP contribution in [0, 0.1) is 11.6 Å². The number of nitrogens with zero attached hydrogens (tertiary/aromatic N) is 2. The Hall–Kier alpha value is -1.56. The van der Waals surface area contributed by atoms with Crippen LogP contribution >= 0.6 is 11.8 Å². The largest absolute Gasteiger partial charge is 0.384 e. The van der Waals surface area contributed by atoms with Gasteiger partial charge >= 0.3 is 0 Å². The lowest BCUT2D eigenvalue weighted by Gasteiger charge is -2.04. The molecule has 0 saturated carbocycles. The molecule has 0 unspecified atom stereocenters. The fourth-order valence-electron chi connectivity index (χ4n) is 1.32. The van der Waals surface area contributed by atoms with E-state index in [9.17, 15) is 8.78 Å². The SMILES string of the molecule is CSc1cc(N)n(-c2ccc(F)cc2F)n1. The molecule has 2 aromatic rings. The summed E-state index contributed by atoms with van der Waals surface area (Å²) in [4.78, 5) is 0. The number of hydrogen-bond donors (Lipinski definition) is 1. The van der Waals surface area contributed by atoms with Gasteiger partial charge in [0, 0.05) is 12.1 Å². The third-order valence-corrected chi connectivity index (χ3v) is 2.68. The summed E-state index contributed by atoms with van der Waals surface area (Å²) in [5, 5.41) is 4.76. The minimum absolute atomic E-state index is 0.138. The number of nitrogen functional groups attached to an aromatic ring is 1. The standard InChI is InChI=1S/C10H9F2N3S/c1-16-10-5-9(13)15(14-10)8-3-2-6(11)4-7(8)12/h2-5H,13H2,1H3. The number of nitrogens with two attached hydrogens (primary N) is 1. The molecule has 0 bridgehead atoms. The van der Waals surface area contributed by atoms with Crippen LogP contribution in [-0.4, -0.2) is 16.0 Å².